The van der Waals surface area contributed by atoms with Crippen LogP contribution in [-0.2, 0) is 0 Å². The van der Waals surface area contributed by atoms with Crippen LogP contribution >= 0.6 is 0 Å². The van der Waals surface area contributed by atoms with Crippen molar-refractivity contribution < 1.29 is 0 Å². The van der Waals surface area contributed by atoms with E-state index in [4.69, 9.17) is 0 Å². The number of rotatable bonds is 26. The summed E-state index contributed by atoms with van der Waals surface area (Å²) in [4.78, 5) is 5.24. The number of hydrogen-bond donors (Lipinski definition) is 0. The van der Waals surface area contributed by atoms with E-state index in [1.807, 2.05) is 0 Å². The Morgan fingerprint density at radius 1 is 0.382 bits per heavy atom. The summed E-state index contributed by atoms with van der Waals surface area (Å²) in [5.74, 6) is 0. The van der Waals surface area contributed by atoms with E-state index in [1.54, 1.807) is 0 Å². The first-order valence-corrected chi connectivity index (χ1v) is 16.0. The Labute approximate surface area is 216 Å². The molecule has 1 unspecified atom stereocenters. The third-order valence-electron chi connectivity index (χ3n) is 7.87. The minimum Gasteiger partial charge on any atom is -0.356 e. The van der Waals surface area contributed by atoms with E-state index in [0.717, 1.165) is 0 Å². The monoisotopic (exact) mass is 477 g/mol. The molecule has 0 saturated heterocycles. The van der Waals surface area contributed by atoms with Crippen molar-refractivity contribution in [2.24, 2.45) is 0 Å². The van der Waals surface area contributed by atoms with E-state index in [9.17, 15) is 0 Å². The maximum absolute atomic E-state index is 2.62. The predicted octanol–water partition coefficient (Wildman–Crippen LogP) is 10.8. The van der Waals surface area contributed by atoms with Crippen LogP contribution in [0.15, 0.2) is 12.4 Å². The lowest BCUT2D eigenvalue weighted by atomic mass is 10.0. The first kappa shape index (κ1) is 31.4. The standard InChI is InChI=1S/C32H64N2/c1-4-7-9-11-13-15-16-17-18-19-21-23-25-27-29-34-31-30-33(32(34)6-3)28-26-24-22-20-14-12-10-8-5-2/h30-32H,4-29H2,1-3H3. The lowest BCUT2D eigenvalue weighted by Gasteiger charge is -2.32. The van der Waals surface area contributed by atoms with Gasteiger partial charge < -0.3 is 9.80 Å². The third kappa shape index (κ3) is 16.9. The van der Waals surface area contributed by atoms with E-state index in [-0.39, 0.29) is 0 Å². The molecule has 0 saturated carbocycles. The maximum Gasteiger partial charge on any atom is 0.100 e. The summed E-state index contributed by atoms with van der Waals surface area (Å²) in [7, 11) is 0. The molecule has 34 heavy (non-hydrogen) atoms. The molecule has 0 N–H and O–H groups in total. The zero-order chi connectivity index (χ0) is 24.5. The Hall–Kier alpha value is -0.660. The fourth-order valence-electron chi connectivity index (χ4n) is 5.57. The lowest BCUT2D eigenvalue weighted by molar-refractivity contribution is 0.144. The second kappa shape index (κ2) is 24.1. The van der Waals surface area contributed by atoms with Crippen molar-refractivity contribution in [3.8, 4) is 0 Å². The molecule has 2 nitrogen and oxygen atoms in total. The zero-order valence-corrected chi connectivity index (χ0v) is 24.0. The quantitative estimate of drug-likeness (QED) is 0.114. The number of nitrogens with zero attached hydrogens (tertiary/aromatic N) is 2. The van der Waals surface area contributed by atoms with Gasteiger partial charge in [0.05, 0.1) is 0 Å². The average Bonchev–Trinajstić information content (AvgIpc) is 3.24. The summed E-state index contributed by atoms with van der Waals surface area (Å²) in [6, 6.07) is 0. The molecule has 0 bridgehead atoms. The second-order valence-corrected chi connectivity index (χ2v) is 11.1. The highest BCUT2D eigenvalue weighted by Gasteiger charge is 2.23. The molecule has 0 aromatic carbocycles. The van der Waals surface area contributed by atoms with Crippen molar-refractivity contribution in [1.29, 1.82) is 0 Å². The number of hydrogen-bond acceptors (Lipinski definition) is 2. The summed E-state index contributed by atoms with van der Waals surface area (Å²) in [6.45, 7) is 9.47. The van der Waals surface area contributed by atoms with Crippen molar-refractivity contribution in [3.63, 3.8) is 0 Å². The summed E-state index contributed by atoms with van der Waals surface area (Å²) < 4.78 is 0. The molecule has 0 fully saturated rings. The normalized spacial score (nSPS) is 15.7. The van der Waals surface area contributed by atoms with Crippen molar-refractivity contribution in [3.05, 3.63) is 12.4 Å². The SMILES string of the molecule is CCCCCCCCCCCCCCCCN1C=CN(CCCCCCCCCCC)C1CC. The minimum absolute atomic E-state index is 0.621. The summed E-state index contributed by atoms with van der Waals surface area (Å²) in [5.41, 5.74) is 0. The van der Waals surface area contributed by atoms with Gasteiger partial charge in [-0.3, -0.25) is 0 Å². The Balaban J connectivity index is 1.92. The second-order valence-electron chi connectivity index (χ2n) is 11.1. The Morgan fingerprint density at radius 2 is 0.647 bits per heavy atom. The molecule has 202 valence electrons. The molecule has 1 aliphatic rings. The summed E-state index contributed by atoms with van der Waals surface area (Å²) in [6.07, 6.45) is 39.6. The highest BCUT2D eigenvalue weighted by Crippen LogP contribution is 2.21. The highest BCUT2D eigenvalue weighted by molar-refractivity contribution is 4.96. The van der Waals surface area contributed by atoms with Crippen LogP contribution in [0.3, 0.4) is 0 Å². The van der Waals surface area contributed by atoms with Gasteiger partial charge in [0.1, 0.15) is 6.17 Å². The number of unbranched alkanes of at least 4 members (excludes halogenated alkanes) is 21. The van der Waals surface area contributed by atoms with Crippen LogP contribution in [-0.4, -0.2) is 29.1 Å². The average molecular weight is 477 g/mol. The van der Waals surface area contributed by atoms with E-state index in [1.165, 1.54) is 167 Å². The fraction of sp³-hybridized carbons (Fsp3) is 0.938. The first-order chi connectivity index (χ1) is 16.8. The molecule has 1 rings (SSSR count). The van der Waals surface area contributed by atoms with Crippen LogP contribution in [0, 0.1) is 0 Å². The summed E-state index contributed by atoms with van der Waals surface area (Å²) >= 11 is 0. The first-order valence-electron chi connectivity index (χ1n) is 16.0. The molecular formula is C32H64N2. The molecule has 0 aromatic heterocycles. The van der Waals surface area contributed by atoms with E-state index in [2.05, 4.69) is 43.0 Å². The van der Waals surface area contributed by atoms with Gasteiger partial charge in [0, 0.05) is 25.5 Å². The van der Waals surface area contributed by atoms with Gasteiger partial charge in [0.2, 0.25) is 0 Å². The third-order valence-corrected chi connectivity index (χ3v) is 7.87. The van der Waals surface area contributed by atoms with Gasteiger partial charge in [0.15, 0.2) is 0 Å². The molecule has 1 heterocycles. The van der Waals surface area contributed by atoms with Crippen LogP contribution in [0.25, 0.3) is 0 Å². The Morgan fingerprint density at radius 3 is 0.912 bits per heavy atom. The van der Waals surface area contributed by atoms with Gasteiger partial charge in [-0.05, 0) is 19.3 Å². The zero-order valence-electron chi connectivity index (χ0n) is 24.0. The lowest BCUT2D eigenvalue weighted by Crippen LogP contribution is -2.38. The van der Waals surface area contributed by atoms with Crippen molar-refractivity contribution in [2.75, 3.05) is 13.1 Å². The molecule has 0 spiro atoms. The van der Waals surface area contributed by atoms with Crippen molar-refractivity contribution >= 4 is 0 Å². The molecule has 0 aromatic rings. The molecule has 0 radical (unpaired) electrons. The van der Waals surface area contributed by atoms with Gasteiger partial charge in [-0.25, -0.2) is 0 Å². The van der Waals surface area contributed by atoms with E-state index in [0.29, 0.717) is 6.17 Å². The molecule has 2 heteroatoms. The van der Waals surface area contributed by atoms with Gasteiger partial charge in [-0.15, -0.1) is 0 Å². The molecule has 0 aliphatic carbocycles. The van der Waals surface area contributed by atoms with Gasteiger partial charge in [0.25, 0.3) is 0 Å². The van der Waals surface area contributed by atoms with Crippen LogP contribution in [0.2, 0.25) is 0 Å². The Kier molecular flexibility index (Phi) is 22.2. The van der Waals surface area contributed by atoms with Gasteiger partial charge in [-0.1, -0.05) is 156 Å². The van der Waals surface area contributed by atoms with Gasteiger partial charge >= 0.3 is 0 Å². The predicted molar refractivity (Wildman–Crippen MR) is 154 cm³/mol. The Bertz CT molecular complexity index is 433. The molecular weight excluding hydrogens is 412 g/mol. The molecule has 1 aliphatic heterocycles. The van der Waals surface area contributed by atoms with Crippen LogP contribution in [0.5, 0.6) is 0 Å². The van der Waals surface area contributed by atoms with Crippen molar-refractivity contribution in [2.45, 2.75) is 181 Å². The van der Waals surface area contributed by atoms with Crippen molar-refractivity contribution in [1.82, 2.24) is 9.80 Å². The molecule has 1 atom stereocenters. The summed E-state index contributed by atoms with van der Waals surface area (Å²) in [5, 5.41) is 0. The van der Waals surface area contributed by atoms with Crippen LogP contribution in [0.4, 0.5) is 0 Å². The fourth-order valence-corrected chi connectivity index (χ4v) is 5.57. The van der Waals surface area contributed by atoms with Crippen LogP contribution < -0.4 is 0 Å². The highest BCUT2D eigenvalue weighted by atomic mass is 15.4. The largest absolute Gasteiger partial charge is 0.356 e. The van der Waals surface area contributed by atoms with Gasteiger partial charge in [-0.2, -0.15) is 0 Å². The molecule has 0 amide bonds. The topological polar surface area (TPSA) is 6.48 Å². The van der Waals surface area contributed by atoms with E-state index >= 15 is 0 Å². The maximum atomic E-state index is 2.62. The minimum atomic E-state index is 0.621. The smallest absolute Gasteiger partial charge is 0.100 e. The van der Waals surface area contributed by atoms with E-state index < -0.39 is 0 Å². The van der Waals surface area contributed by atoms with Crippen LogP contribution in [0.1, 0.15) is 175 Å².